The van der Waals surface area contributed by atoms with Crippen molar-refractivity contribution in [2.45, 2.75) is 24.1 Å². The van der Waals surface area contributed by atoms with Crippen molar-refractivity contribution in [1.82, 2.24) is 15.1 Å². The topological polar surface area (TPSA) is 69.7 Å². The molecule has 3 rings (SSSR count). The second kappa shape index (κ2) is 10.5. The van der Waals surface area contributed by atoms with E-state index in [1.165, 1.54) is 6.26 Å². The van der Waals surface area contributed by atoms with E-state index in [0.29, 0.717) is 39.0 Å². The molecule has 1 N–H and O–H groups in total. The fraction of sp³-hybridized carbons (Fsp3) is 0.611. The van der Waals surface area contributed by atoms with Crippen LogP contribution in [0.4, 0.5) is 0 Å². The fourth-order valence-electron chi connectivity index (χ4n) is 3.86. The van der Waals surface area contributed by atoms with Gasteiger partial charge in [-0.3, -0.25) is 9.69 Å². The lowest BCUT2D eigenvalue weighted by atomic mass is 9.94. The first kappa shape index (κ1) is 25.5. The van der Waals surface area contributed by atoms with Crippen LogP contribution in [0, 0.1) is 0 Å². The van der Waals surface area contributed by atoms with Crippen molar-refractivity contribution < 1.29 is 13.2 Å². The molecule has 10 heteroatoms. The van der Waals surface area contributed by atoms with Crippen LogP contribution < -0.4 is 5.32 Å². The third kappa shape index (κ3) is 5.52. The van der Waals surface area contributed by atoms with Crippen molar-refractivity contribution in [2.75, 3.05) is 45.5 Å². The molecule has 2 saturated heterocycles. The van der Waals surface area contributed by atoms with E-state index in [4.69, 9.17) is 11.6 Å². The summed E-state index contributed by atoms with van der Waals surface area (Å²) in [6.45, 7) is 4.49. The minimum atomic E-state index is -3.46. The van der Waals surface area contributed by atoms with Crippen LogP contribution in [0.1, 0.15) is 18.4 Å². The van der Waals surface area contributed by atoms with Crippen LogP contribution in [0.5, 0.6) is 0 Å². The van der Waals surface area contributed by atoms with Crippen LogP contribution in [-0.2, 0) is 21.2 Å². The van der Waals surface area contributed by atoms with Crippen molar-refractivity contribution in [2.24, 2.45) is 0 Å². The van der Waals surface area contributed by atoms with Crippen LogP contribution in [0.15, 0.2) is 24.3 Å². The zero-order chi connectivity index (χ0) is 18.8. The number of carbonyl (C=O) groups excluding carboxylic acids is 1. The highest BCUT2D eigenvalue weighted by Crippen LogP contribution is 2.30. The van der Waals surface area contributed by atoms with Gasteiger partial charge in [-0.1, -0.05) is 23.7 Å². The molecule has 1 aromatic carbocycles. The van der Waals surface area contributed by atoms with Gasteiger partial charge >= 0.3 is 0 Å². The van der Waals surface area contributed by atoms with E-state index in [2.05, 4.69) is 10.2 Å². The zero-order valence-electron chi connectivity index (χ0n) is 15.9. The van der Waals surface area contributed by atoms with Crippen molar-refractivity contribution in [3.05, 3.63) is 34.9 Å². The largest absolute Gasteiger partial charge is 0.339 e. The Balaban J connectivity index is 0.00000196. The van der Waals surface area contributed by atoms with E-state index >= 15 is 0 Å². The Morgan fingerprint density at radius 2 is 1.75 bits per heavy atom. The van der Waals surface area contributed by atoms with Crippen LogP contribution in [0.25, 0.3) is 0 Å². The highest BCUT2D eigenvalue weighted by atomic mass is 35.5. The number of hydrogen-bond acceptors (Lipinski definition) is 5. The minimum absolute atomic E-state index is 0. The first-order chi connectivity index (χ1) is 12.3. The summed E-state index contributed by atoms with van der Waals surface area (Å²) in [5, 5.41) is 3.87. The molecule has 160 valence electrons. The van der Waals surface area contributed by atoms with E-state index in [-0.39, 0.29) is 30.7 Å². The van der Waals surface area contributed by atoms with Crippen LogP contribution >= 0.6 is 36.4 Å². The van der Waals surface area contributed by atoms with E-state index in [0.717, 1.165) is 30.2 Å². The Morgan fingerprint density at radius 1 is 1.14 bits per heavy atom. The van der Waals surface area contributed by atoms with Gasteiger partial charge in [0, 0.05) is 44.0 Å². The van der Waals surface area contributed by atoms with Gasteiger partial charge in [0.15, 0.2) is 14.6 Å². The summed E-state index contributed by atoms with van der Waals surface area (Å²) in [6.07, 6.45) is 1.91. The molecule has 0 atom stereocenters. The molecule has 0 aromatic heterocycles. The van der Waals surface area contributed by atoms with Gasteiger partial charge in [0.05, 0.1) is 0 Å². The Bertz CT molecular complexity index is 762. The fourth-order valence-corrected chi connectivity index (χ4v) is 5.47. The summed E-state index contributed by atoms with van der Waals surface area (Å²) in [6, 6.07) is 7.78. The summed E-state index contributed by atoms with van der Waals surface area (Å²) in [7, 11) is -3.46. The standard InChI is InChI=1S/C18H26ClN3O3S.2ClH/c1-26(24,25)18(5-7-20-8-6-18)17(23)22-11-9-21(10-12-22)14-15-3-2-4-16(19)13-15;;/h2-4,13,20H,5-12,14H2,1H3;2*1H. The molecule has 2 aliphatic heterocycles. The molecular formula is C18H28Cl3N3O3S. The first-order valence-electron chi connectivity index (χ1n) is 8.98. The predicted molar refractivity (Wildman–Crippen MR) is 117 cm³/mol. The van der Waals surface area contributed by atoms with Gasteiger partial charge < -0.3 is 10.2 Å². The predicted octanol–water partition coefficient (Wildman–Crippen LogP) is 1.99. The van der Waals surface area contributed by atoms with Gasteiger partial charge in [0.2, 0.25) is 5.91 Å². The van der Waals surface area contributed by atoms with Crippen LogP contribution in [-0.4, -0.2) is 74.4 Å². The highest BCUT2D eigenvalue weighted by molar-refractivity contribution is 7.92. The highest BCUT2D eigenvalue weighted by Gasteiger charge is 2.50. The van der Waals surface area contributed by atoms with Gasteiger partial charge in [-0.25, -0.2) is 8.42 Å². The molecule has 6 nitrogen and oxygen atoms in total. The summed E-state index contributed by atoms with van der Waals surface area (Å²) in [5.41, 5.74) is 1.14. The van der Waals surface area contributed by atoms with E-state index < -0.39 is 14.6 Å². The molecule has 2 fully saturated rings. The Kier molecular flexibility index (Phi) is 9.51. The average Bonchev–Trinajstić information content (AvgIpc) is 2.61. The lowest BCUT2D eigenvalue weighted by Crippen LogP contribution is -2.61. The summed E-state index contributed by atoms with van der Waals surface area (Å²) >= 11 is 6.04. The third-order valence-corrected chi connectivity index (χ3v) is 7.70. The smallest absolute Gasteiger partial charge is 0.244 e. The molecule has 0 saturated carbocycles. The summed E-state index contributed by atoms with van der Waals surface area (Å²) < 4.78 is 23.6. The maximum atomic E-state index is 13.1. The SMILES string of the molecule is CS(=O)(=O)C1(C(=O)N2CCN(Cc3cccc(Cl)c3)CC2)CCNCC1.Cl.Cl. The molecule has 2 aliphatic rings. The normalized spacial score (nSPS) is 20.0. The molecular weight excluding hydrogens is 445 g/mol. The van der Waals surface area contributed by atoms with Gasteiger partial charge in [-0.05, 0) is 43.6 Å². The molecule has 1 amide bonds. The van der Waals surface area contributed by atoms with Gasteiger partial charge in [-0.2, -0.15) is 0 Å². The lowest BCUT2D eigenvalue weighted by molar-refractivity contribution is -0.136. The van der Waals surface area contributed by atoms with Crippen LogP contribution in [0.3, 0.4) is 0 Å². The molecule has 0 unspecified atom stereocenters. The number of piperazine rings is 1. The van der Waals surface area contributed by atoms with Crippen molar-refractivity contribution in [3.8, 4) is 0 Å². The molecule has 28 heavy (non-hydrogen) atoms. The Hall–Kier alpha value is -0.570. The zero-order valence-corrected chi connectivity index (χ0v) is 19.1. The average molecular weight is 473 g/mol. The molecule has 2 heterocycles. The second-order valence-corrected chi connectivity index (χ2v) is 9.98. The number of nitrogens with zero attached hydrogens (tertiary/aromatic N) is 2. The van der Waals surface area contributed by atoms with E-state index in [1.807, 2.05) is 24.3 Å². The quantitative estimate of drug-likeness (QED) is 0.726. The number of halogens is 3. The van der Waals surface area contributed by atoms with Crippen molar-refractivity contribution in [3.63, 3.8) is 0 Å². The van der Waals surface area contributed by atoms with Crippen molar-refractivity contribution >= 4 is 52.2 Å². The molecule has 0 aliphatic carbocycles. The number of nitrogens with one attached hydrogen (secondary N) is 1. The Labute approximate surface area is 184 Å². The van der Waals surface area contributed by atoms with E-state index in [9.17, 15) is 13.2 Å². The first-order valence-corrected chi connectivity index (χ1v) is 11.3. The minimum Gasteiger partial charge on any atom is -0.339 e. The van der Waals surface area contributed by atoms with Gasteiger partial charge in [0.25, 0.3) is 0 Å². The molecule has 0 spiro atoms. The van der Waals surface area contributed by atoms with Gasteiger partial charge in [0.1, 0.15) is 0 Å². The van der Waals surface area contributed by atoms with Crippen LogP contribution in [0.2, 0.25) is 5.02 Å². The van der Waals surface area contributed by atoms with Gasteiger partial charge in [-0.15, -0.1) is 24.8 Å². The van der Waals surface area contributed by atoms with Crippen molar-refractivity contribution in [1.29, 1.82) is 0 Å². The Morgan fingerprint density at radius 3 is 2.29 bits per heavy atom. The maximum Gasteiger partial charge on any atom is 0.244 e. The summed E-state index contributed by atoms with van der Waals surface area (Å²) in [4.78, 5) is 17.1. The number of benzene rings is 1. The van der Waals surface area contributed by atoms with E-state index in [1.54, 1.807) is 4.90 Å². The number of hydrogen-bond donors (Lipinski definition) is 1. The third-order valence-electron chi connectivity index (χ3n) is 5.47. The molecule has 1 aromatic rings. The summed E-state index contributed by atoms with van der Waals surface area (Å²) in [5.74, 6) is -0.219. The number of piperidine rings is 1. The number of amides is 1. The molecule has 0 bridgehead atoms. The lowest BCUT2D eigenvalue weighted by Gasteiger charge is -2.42. The monoisotopic (exact) mass is 471 g/mol. The number of carbonyl (C=O) groups is 1. The number of sulfone groups is 1. The number of rotatable bonds is 4. The maximum absolute atomic E-state index is 13.1. The molecule has 0 radical (unpaired) electrons. The second-order valence-electron chi connectivity index (χ2n) is 7.21.